The van der Waals surface area contributed by atoms with Crippen molar-refractivity contribution in [3.05, 3.63) is 46.6 Å². The summed E-state index contributed by atoms with van der Waals surface area (Å²) in [5.41, 5.74) is 0.679. The van der Waals surface area contributed by atoms with Crippen molar-refractivity contribution >= 4 is 29.2 Å². The number of hydrogen-bond acceptors (Lipinski definition) is 4. The van der Waals surface area contributed by atoms with Gasteiger partial charge in [0.15, 0.2) is 5.82 Å². The van der Waals surface area contributed by atoms with E-state index in [1.54, 1.807) is 24.3 Å². The molecule has 1 aliphatic heterocycles. The average molecular weight is 287 g/mol. The Morgan fingerprint density at radius 1 is 1.30 bits per heavy atom. The van der Waals surface area contributed by atoms with Crippen molar-refractivity contribution in [1.29, 1.82) is 5.26 Å². The zero-order chi connectivity index (χ0) is 14.3. The summed E-state index contributed by atoms with van der Waals surface area (Å²) in [5, 5.41) is 15.8. The molecule has 98 valence electrons. The molecule has 0 saturated heterocycles. The molecule has 1 aliphatic rings. The maximum Gasteiger partial charge on any atom is 0.265 e. The molecular formula is C13H7ClN4O2. The Morgan fingerprint density at radius 3 is 2.65 bits per heavy atom. The second-order valence-corrected chi connectivity index (χ2v) is 4.68. The number of aromatic nitrogens is 2. The number of carbonyl (C=O) groups is 2. The maximum absolute atomic E-state index is 12.3. The molecule has 20 heavy (non-hydrogen) atoms. The third-order valence-electron chi connectivity index (χ3n) is 3.05. The molecule has 1 aromatic heterocycles. The first-order chi connectivity index (χ1) is 9.61. The van der Waals surface area contributed by atoms with Crippen LogP contribution in [0.1, 0.15) is 21.8 Å². The quantitative estimate of drug-likeness (QED) is 0.810. The number of nitrogens with zero attached hydrogens (tertiary/aromatic N) is 3. The Hall–Kier alpha value is -2.65. The number of carbonyl (C=O) groups excluding carboxylic acids is 2. The Kier molecular flexibility index (Phi) is 2.77. The Labute approximate surface area is 118 Å². The van der Waals surface area contributed by atoms with Crippen LogP contribution in [-0.2, 0) is 4.79 Å². The van der Waals surface area contributed by atoms with Crippen LogP contribution in [-0.4, -0.2) is 21.6 Å². The highest BCUT2D eigenvalue weighted by atomic mass is 35.5. The molecule has 1 unspecified atom stereocenters. The summed E-state index contributed by atoms with van der Waals surface area (Å²) in [7, 11) is 0. The zero-order valence-electron chi connectivity index (χ0n) is 10.0. The van der Waals surface area contributed by atoms with Crippen LogP contribution in [0.25, 0.3) is 0 Å². The second kappa shape index (κ2) is 4.47. The van der Waals surface area contributed by atoms with Gasteiger partial charge in [0.05, 0.1) is 6.20 Å². The fourth-order valence-electron chi connectivity index (χ4n) is 2.09. The summed E-state index contributed by atoms with van der Waals surface area (Å²) in [4.78, 5) is 24.4. The van der Waals surface area contributed by atoms with Gasteiger partial charge in [-0.3, -0.25) is 9.59 Å². The topological polar surface area (TPSA) is 87.8 Å². The highest BCUT2D eigenvalue weighted by Gasteiger charge is 2.37. The minimum Gasteiger partial charge on any atom is -0.308 e. The number of fused-ring (bicyclic) bond motifs is 1. The van der Waals surface area contributed by atoms with E-state index in [0.29, 0.717) is 10.6 Å². The predicted molar refractivity (Wildman–Crippen MR) is 70.4 cm³/mol. The van der Waals surface area contributed by atoms with E-state index < -0.39 is 17.7 Å². The van der Waals surface area contributed by atoms with Gasteiger partial charge in [-0.2, -0.15) is 15.0 Å². The molecule has 3 rings (SSSR count). The summed E-state index contributed by atoms with van der Waals surface area (Å²) in [6.07, 6.45) is 1.25. The molecule has 0 aliphatic carbocycles. The third kappa shape index (κ3) is 1.76. The minimum atomic E-state index is -0.994. The van der Waals surface area contributed by atoms with Gasteiger partial charge in [0.2, 0.25) is 5.91 Å². The largest absolute Gasteiger partial charge is 0.308 e. The third-order valence-corrected chi connectivity index (χ3v) is 3.30. The predicted octanol–water partition coefficient (Wildman–Crippen LogP) is 1.78. The van der Waals surface area contributed by atoms with Crippen LogP contribution >= 0.6 is 11.6 Å². The molecule has 0 bridgehead atoms. The molecule has 0 fully saturated rings. The molecule has 2 aromatic rings. The van der Waals surface area contributed by atoms with Crippen LogP contribution in [0.3, 0.4) is 0 Å². The first-order valence-corrected chi connectivity index (χ1v) is 6.08. The molecule has 0 spiro atoms. The van der Waals surface area contributed by atoms with Crippen LogP contribution in [0.4, 0.5) is 5.82 Å². The van der Waals surface area contributed by atoms with Crippen LogP contribution < -0.4 is 5.32 Å². The second-order valence-electron chi connectivity index (χ2n) is 4.24. The molecule has 1 amide bonds. The Bertz CT molecular complexity index is 758. The van der Waals surface area contributed by atoms with E-state index in [4.69, 9.17) is 16.9 Å². The molecule has 2 heterocycles. The lowest BCUT2D eigenvalue weighted by molar-refractivity contribution is -0.117. The fraction of sp³-hybridized carbons (Fsp3) is 0.0769. The van der Waals surface area contributed by atoms with E-state index in [1.807, 2.05) is 6.07 Å². The molecular weight excluding hydrogens is 280 g/mol. The number of amides is 1. The molecule has 0 radical (unpaired) electrons. The highest BCUT2D eigenvalue weighted by molar-refractivity contribution is 6.30. The van der Waals surface area contributed by atoms with Crippen molar-refractivity contribution in [2.45, 2.75) is 5.92 Å². The Morgan fingerprint density at radius 2 is 2.00 bits per heavy atom. The lowest BCUT2D eigenvalue weighted by atomic mass is 9.96. The molecule has 6 nitrogen and oxygen atoms in total. The van der Waals surface area contributed by atoms with Gasteiger partial charge in [0, 0.05) is 5.02 Å². The van der Waals surface area contributed by atoms with Crippen LogP contribution in [0.15, 0.2) is 30.5 Å². The first-order valence-electron chi connectivity index (χ1n) is 5.70. The number of nitrogens with one attached hydrogen (secondary N) is 1. The van der Waals surface area contributed by atoms with Crippen molar-refractivity contribution in [2.75, 3.05) is 5.32 Å². The van der Waals surface area contributed by atoms with E-state index in [-0.39, 0.29) is 11.4 Å². The zero-order valence-corrected chi connectivity index (χ0v) is 10.8. The molecule has 1 atom stereocenters. The van der Waals surface area contributed by atoms with Crippen molar-refractivity contribution in [3.63, 3.8) is 0 Å². The average Bonchev–Trinajstić information content (AvgIpc) is 2.84. The van der Waals surface area contributed by atoms with Gasteiger partial charge in [-0.05, 0) is 17.7 Å². The number of nitriles is 1. The SMILES string of the molecule is N#Cc1cnn2c1NC(=O)C(c1ccc(Cl)cc1)C2=O. The minimum absolute atomic E-state index is 0.118. The number of hydrogen-bond donors (Lipinski definition) is 1. The van der Waals surface area contributed by atoms with Gasteiger partial charge in [0.25, 0.3) is 5.91 Å². The number of benzene rings is 1. The summed E-state index contributed by atoms with van der Waals surface area (Å²) < 4.78 is 1.04. The maximum atomic E-state index is 12.3. The Balaban J connectivity index is 2.07. The smallest absolute Gasteiger partial charge is 0.265 e. The summed E-state index contributed by atoms with van der Waals surface area (Å²) in [5.74, 6) is -1.85. The van der Waals surface area contributed by atoms with Gasteiger partial charge in [-0.25, -0.2) is 0 Å². The highest BCUT2D eigenvalue weighted by Crippen LogP contribution is 2.28. The van der Waals surface area contributed by atoms with Gasteiger partial charge in [-0.1, -0.05) is 23.7 Å². The number of halogens is 1. The lowest BCUT2D eigenvalue weighted by Crippen LogP contribution is -2.38. The lowest BCUT2D eigenvalue weighted by Gasteiger charge is -2.22. The molecule has 7 heteroatoms. The number of anilines is 1. The standard InChI is InChI=1S/C13H7ClN4O2/c14-9-3-1-7(2-4-9)10-12(19)17-11-8(5-15)6-16-18(11)13(10)20/h1-4,6,10H,(H,17,19). The molecule has 1 N–H and O–H groups in total. The van der Waals surface area contributed by atoms with Crippen LogP contribution in [0.2, 0.25) is 5.02 Å². The van der Waals surface area contributed by atoms with Gasteiger partial charge in [-0.15, -0.1) is 0 Å². The molecule has 0 saturated carbocycles. The monoisotopic (exact) mass is 286 g/mol. The summed E-state index contributed by atoms with van der Waals surface area (Å²) in [6.45, 7) is 0. The van der Waals surface area contributed by atoms with Crippen molar-refractivity contribution in [2.24, 2.45) is 0 Å². The van der Waals surface area contributed by atoms with E-state index in [9.17, 15) is 9.59 Å². The normalized spacial score (nSPS) is 17.3. The van der Waals surface area contributed by atoms with Gasteiger partial charge < -0.3 is 5.32 Å². The van der Waals surface area contributed by atoms with E-state index in [0.717, 1.165) is 4.68 Å². The molecule has 1 aromatic carbocycles. The fourth-order valence-corrected chi connectivity index (χ4v) is 2.22. The number of rotatable bonds is 1. The first kappa shape index (κ1) is 12.4. The van der Waals surface area contributed by atoms with Crippen molar-refractivity contribution < 1.29 is 9.59 Å². The van der Waals surface area contributed by atoms with Gasteiger partial charge >= 0.3 is 0 Å². The van der Waals surface area contributed by atoms with Crippen LogP contribution in [0, 0.1) is 11.3 Å². The van der Waals surface area contributed by atoms with E-state index in [1.165, 1.54) is 6.20 Å². The van der Waals surface area contributed by atoms with Crippen LogP contribution in [0.5, 0.6) is 0 Å². The van der Waals surface area contributed by atoms with E-state index in [2.05, 4.69) is 10.4 Å². The van der Waals surface area contributed by atoms with Crippen molar-refractivity contribution in [3.8, 4) is 6.07 Å². The van der Waals surface area contributed by atoms with E-state index >= 15 is 0 Å². The van der Waals surface area contributed by atoms with Crippen molar-refractivity contribution in [1.82, 2.24) is 9.78 Å². The van der Waals surface area contributed by atoms with Gasteiger partial charge in [0.1, 0.15) is 17.6 Å². The summed E-state index contributed by atoms with van der Waals surface area (Å²) in [6, 6.07) is 8.32. The summed E-state index contributed by atoms with van der Waals surface area (Å²) >= 11 is 5.79.